The number of nitrogens with one attached hydrogen (secondary N) is 2. The van der Waals surface area contributed by atoms with E-state index in [0.717, 1.165) is 67.8 Å². The van der Waals surface area contributed by atoms with Crippen LogP contribution in [0.3, 0.4) is 0 Å². The Balaban J connectivity index is 1.71. The van der Waals surface area contributed by atoms with Crippen LogP contribution in [0.25, 0.3) is 43.6 Å². The molecule has 6 heteroatoms. The van der Waals surface area contributed by atoms with Gasteiger partial charge in [0.25, 0.3) is 5.91 Å². The van der Waals surface area contributed by atoms with Crippen molar-refractivity contribution in [2.75, 3.05) is 19.6 Å². The highest BCUT2D eigenvalue weighted by molar-refractivity contribution is 6.30. The van der Waals surface area contributed by atoms with Crippen molar-refractivity contribution in [1.82, 2.24) is 19.8 Å². The maximum atomic E-state index is 13.1. The van der Waals surface area contributed by atoms with E-state index in [2.05, 4.69) is 57.9 Å². The van der Waals surface area contributed by atoms with Gasteiger partial charge in [0.2, 0.25) is 0 Å². The topological polar surface area (TPSA) is 73.3 Å². The number of hydrogen-bond donors (Lipinski definition) is 3. The average Bonchev–Trinajstić information content (AvgIpc) is 3.49. The number of para-hydroxylation sites is 2. The summed E-state index contributed by atoms with van der Waals surface area (Å²) >= 11 is 0. The van der Waals surface area contributed by atoms with E-state index < -0.39 is 6.10 Å². The molecule has 33 heavy (non-hydrogen) atoms. The van der Waals surface area contributed by atoms with Crippen LogP contribution in [0.1, 0.15) is 29.8 Å². The lowest BCUT2D eigenvalue weighted by Gasteiger charge is -2.23. The number of aromatic amines is 1. The maximum Gasteiger partial charge on any atom is 0.252 e. The summed E-state index contributed by atoms with van der Waals surface area (Å²) in [6.45, 7) is 7.65. The van der Waals surface area contributed by atoms with Crippen LogP contribution in [0, 0.1) is 0 Å². The maximum absolute atomic E-state index is 13.1. The third-order valence-electron chi connectivity index (χ3n) is 7.18. The molecule has 0 aliphatic carbocycles. The van der Waals surface area contributed by atoms with Gasteiger partial charge in [-0.15, -0.1) is 0 Å². The standard InChI is InChI=1S/C27H28N4O2/c1-3-30(4-2)14-16(32)15-31-21-12-8-6-10-18(21)23-24-19(13-28-27(24)33)22-17-9-5-7-11-20(17)29-25(22)26(23)31/h5-12,16,29,32H,3-4,13-15H2,1-2H3,(H,28,33). The van der Waals surface area contributed by atoms with Gasteiger partial charge in [-0.05, 0) is 30.8 Å². The van der Waals surface area contributed by atoms with Gasteiger partial charge in [-0.2, -0.15) is 0 Å². The first-order valence-electron chi connectivity index (χ1n) is 11.8. The number of aliphatic hydroxyl groups excluding tert-OH is 1. The fourth-order valence-corrected chi connectivity index (χ4v) is 5.65. The van der Waals surface area contributed by atoms with E-state index in [1.807, 2.05) is 24.3 Å². The summed E-state index contributed by atoms with van der Waals surface area (Å²) < 4.78 is 2.21. The van der Waals surface area contributed by atoms with Crippen molar-refractivity contribution < 1.29 is 9.90 Å². The van der Waals surface area contributed by atoms with Gasteiger partial charge >= 0.3 is 0 Å². The van der Waals surface area contributed by atoms with Crippen LogP contribution in [0.2, 0.25) is 0 Å². The second kappa shape index (κ2) is 7.61. The molecule has 1 amide bonds. The Hall–Kier alpha value is -3.35. The van der Waals surface area contributed by atoms with Crippen molar-refractivity contribution in [3.8, 4) is 0 Å². The summed E-state index contributed by atoms with van der Waals surface area (Å²) in [7, 11) is 0. The largest absolute Gasteiger partial charge is 0.390 e. The van der Waals surface area contributed by atoms with Crippen LogP contribution in [0.15, 0.2) is 48.5 Å². The minimum Gasteiger partial charge on any atom is -0.390 e. The van der Waals surface area contributed by atoms with Crippen LogP contribution in [-0.4, -0.2) is 51.2 Å². The van der Waals surface area contributed by atoms with Crippen molar-refractivity contribution >= 4 is 49.5 Å². The number of aromatic nitrogens is 2. The molecule has 3 N–H and O–H groups in total. The van der Waals surface area contributed by atoms with Crippen LogP contribution in [0.5, 0.6) is 0 Å². The van der Waals surface area contributed by atoms with E-state index in [1.54, 1.807) is 0 Å². The highest BCUT2D eigenvalue weighted by Gasteiger charge is 2.31. The fourth-order valence-electron chi connectivity index (χ4n) is 5.65. The monoisotopic (exact) mass is 440 g/mol. The lowest BCUT2D eigenvalue weighted by molar-refractivity contribution is 0.0967. The summed E-state index contributed by atoms with van der Waals surface area (Å²) in [5.41, 5.74) is 5.97. The Labute approximate surface area is 191 Å². The molecule has 0 saturated carbocycles. The molecular formula is C27H28N4O2. The molecule has 3 aromatic carbocycles. The van der Waals surface area contributed by atoms with Gasteiger partial charge in [0.15, 0.2) is 0 Å². The summed E-state index contributed by atoms with van der Waals surface area (Å²) in [4.78, 5) is 19.0. The summed E-state index contributed by atoms with van der Waals surface area (Å²) in [6, 6.07) is 16.5. The molecule has 1 aliphatic rings. The third-order valence-corrected chi connectivity index (χ3v) is 7.18. The molecule has 6 nitrogen and oxygen atoms in total. The molecule has 0 spiro atoms. The number of hydrogen-bond acceptors (Lipinski definition) is 3. The zero-order valence-corrected chi connectivity index (χ0v) is 19.0. The molecule has 3 heterocycles. The molecule has 2 aromatic heterocycles. The van der Waals surface area contributed by atoms with Crippen molar-refractivity contribution in [2.45, 2.75) is 33.0 Å². The molecule has 1 aliphatic heterocycles. The zero-order chi connectivity index (χ0) is 22.7. The van der Waals surface area contributed by atoms with Crippen molar-refractivity contribution in [1.29, 1.82) is 0 Å². The van der Waals surface area contributed by atoms with Gasteiger partial charge in [-0.3, -0.25) is 4.79 Å². The quantitative estimate of drug-likeness (QED) is 0.367. The van der Waals surface area contributed by atoms with Crippen LogP contribution in [-0.2, 0) is 13.1 Å². The SMILES string of the molecule is CCN(CC)CC(O)Cn1c2ccccc2c2c3c(c4c5ccccc5[nH]c4c21)CNC3=O. The van der Waals surface area contributed by atoms with Crippen LogP contribution < -0.4 is 5.32 Å². The lowest BCUT2D eigenvalue weighted by atomic mass is 9.97. The van der Waals surface area contributed by atoms with E-state index >= 15 is 0 Å². The molecule has 0 saturated heterocycles. The first kappa shape index (κ1) is 20.3. The Morgan fingerprint density at radius 1 is 1.03 bits per heavy atom. The van der Waals surface area contributed by atoms with Crippen molar-refractivity contribution in [3.05, 3.63) is 59.7 Å². The van der Waals surface area contributed by atoms with Crippen molar-refractivity contribution in [2.24, 2.45) is 0 Å². The number of fused-ring (bicyclic) bond motifs is 10. The number of carbonyl (C=O) groups excluding carboxylic acids is 1. The molecule has 168 valence electrons. The fraction of sp³-hybridized carbons (Fsp3) is 0.296. The summed E-state index contributed by atoms with van der Waals surface area (Å²) in [6.07, 6.45) is -0.523. The van der Waals surface area contributed by atoms with E-state index in [-0.39, 0.29) is 5.91 Å². The third kappa shape index (κ3) is 2.91. The molecule has 6 rings (SSSR count). The zero-order valence-electron chi connectivity index (χ0n) is 19.0. The summed E-state index contributed by atoms with van der Waals surface area (Å²) in [5, 5.41) is 18.4. The molecule has 1 atom stereocenters. The second-order valence-corrected chi connectivity index (χ2v) is 8.95. The first-order chi connectivity index (χ1) is 16.1. The van der Waals surface area contributed by atoms with Gasteiger partial charge < -0.3 is 24.9 Å². The van der Waals surface area contributed by atoms with E-state index in [1.165, 1.54) is 0 Å². The van der Waals surface area contributed by atoms with Crippen LogP contribution >= 0.6 is 0 Å². The first-order valence-corrected chi connectivity index (χ1v) is 11.8. The van der Waals surface area contributed by atoms with Gasteiger partial charge in [0, 0.05) is 45.7 Å². The van der Waals surface area contributed by atoms with Gasteiger partial charge in [0.05, 0.1) is 29.2 Å². The Kier molecular flexibility index (Phi) is 4.67. The minimum absolute atomic E-state index is 0.0197. The number of rotatable bonds is 6. The molecular weight excluding hydrogens is 412 g/mol. The smallest absolute Gasteiger partial charge is 0.252 e. The lowest BCUT2D eigenvalue weighted by Crippen LogP contribution is -2.34. The number of amides is 1. The highest BCUT2D eigenvalue weighted by Crippen LogP contribution is 2.43. The Morgan fingerprint density at radius 2 is 1.76 bits per heavy atom. The Morgan fingerprint density at radius 3 is 2.55 bits per heavy atom. The number of nitrogens with zero attached hydrogens (tertiary/aromatic N) is 2. The van der Waals surface area contributed by atoms with Crippen LogP contribution in [0.4, 0.5) is 0 Å². The van der Waals surface area contributed by atoms with Gasteiger partial charge in [-0.25, -0.2) is 0 Å². The van der Waals surface area contributed by atoms with E-state index in [0.29, 0.717) is 19.6 Å². The predicted octanol–water partition coefficient (Wildman–Crippen LogP) is 4.38. The number of aliphatic hydroxyl groups is 1. The molecule has 0 radical (unpaired) electrons. The average molecular weight is 441 g/mol. The second-order valence-electron chi connectivity index (χ2n) is 8.95. The number of H-pyrrole nitrogens is 1. The molecule has 1 unspecified atom stereocenters. The predicted molar refractivity (Wildman–Crippen MR) is 134 cm³/mol. The number of benzene rings is 3. The molecule has 0 fully saturated rings. The highest BCUT2D eigenvalue weighted by atomic mass is 16.3. The van der Waals surface area contributed by atoms with Gasteiger partial charge in [-0.1, -0.05) is 50.2 Å². The molecule has 5 aromatic rings. The Bertz CT molecular complexity index is 1540. The number of likely N-dealkylation sites (N-methyl/N-ethyl adjacent to an activating group) is 1. The minimum atomic E-state index is -0.523. The van der Waals surface area contributed by atoms with Crippen molar-refractivity contribution in [3.63, 3.8) is 0 Å². The number of carbonyl (C=O) groups is 1. The van der Waals surface area contributed by atoms with Gasteiger partial charge in [0.1, 0.15) is 0 Å². The normalized spacial score (nSPS) is 14.7. The van der Waals surface area contributed by atoms with E-state index in [4.69, 9.17) is 0 Å². The molecule has 0 bridgehead atoms. The summed E-state index contributed by atoms with van der Waals surface area (Å²) in [5.74, 6) is -0.0197. The van der Waals surface area contributed by atoms with E-state index in [9.17, 15) is 9.90 Å².